The zero-order chi connectivity index (χ0) is 54.9. The minimum atomic E-state index is -2.10. The minimum absolute atomic E-state index is 0.133. The largest absolute Gasteiger partial charge is 0.479 e. The Morgan fingerprint density at radius 3 is 1.89 bits per heavy atom. The second-order valence-electron chi connectivity index (χ2n) is 26.0. The van der Waals surface area contributed by atoms with Crippen LogP contribution in [0.1, 0.15) is 113 Å². The molecule has 0 aromatic carbocycles. The third-order valence-corrected chi connectivity index (χ3v) is 21.2. The highest BCUT2D eigenvalue weighted by atomic mass is 16.8. The van der Waals surface area contributed by atoms with Crippen molar-refractivity contribution in [2.24, 2.45) is 50.2 Å². The molecule has 0 spiro atoms. The van der Waals surface area contributed by atoms with Crippen LogP contribution in [0.25, 0.3) is 0 Å². The quantitative estimate of drug-likeness (QED) is 0.0887. The molecule has 0 aromatic heterocycles. The van der Waals surface area contributed by atoms with Crippen LogP contribution in [-0.4, -0.2) is 221 Å². The summed E-state index contributed by atoms with van der Waals surface area (Å²) >= 11 is 0. The molecular weight excluding hydrogens is 989 g/mol. The molecule has 22 nitrogen and oxygen atoms in total. The van der Waals surface area contributed by atoms with Crippen LogP contribution in [0.5, 0.6) is 0 Å². The highest BCUT2D eigenvalue weighted by molar-refractivity contribution is 5.73. The second-order valence-corrected chi connectivity index (χ2v) is 26.0. The van der Waals surface area contributed by atoms with Gasteiger partial charge in [0.2, 0.25) is 0 Å². The van der Waals surface area contributed by atoms with E-state index in [0.717, 1.165) is 38.5 Å². The minimum Gasteiger partial charge on any atom is -0.479 e. The monoisotopic (exact) mass is 1070 g/mol. The van der Waals surface area contributed by atoms with Gasteiger partial charge in [-0.05, 0) is 104 Å². The molecule has 13 N–H and O–H groups in total. The molecule has 0 amide bonds. The average molecular weight is 1080 g/mol. The van der Waals surface area contributed by atoms with Crippen molar-refractivity contribution < 1.29 is 109 Å². The number of rotatable bonds is 11. The van der Waals surface area contributed by atoms with Gasteiger partial charge in [-0.3, -0.25) is 0 Å². The fourth-order valence-corrected chi connectivity index (χ4v) is 16.3. The van der Waals surface area contributed by atoms with Gasteiger partial charge in [-0.15, -0.1) is 0 Å². The van der Waals surface area contributed by atoms with Crippen molar-refractivity contribution in [3.05, 3.63) is 11.6 Å². The van der Waals surface area contributed by atoms with E-state index in [1.165, 1.54) is 12.5 Å². The van der Waals surface area contributed by atoms with Crippen LogP contribution in [0.3, 0.4) is 0 Å². The van der Waals surface area contributed by atoms with Gasteiger partial charge >= 0.3 is 5.97 Å². The van der Waals surface area contributed by atoms with Crippen molar-refractivity contribution in [2.75, 3.05) is 19.8 Å². The van der Waals surface area contributed by atoms with Crippen molar-refractivity contribution in [1.82, 2.24) is 0 Å². The zero-order valence-corrected chi connectivity index (χ0v) is 44.4. The lowest BCUT2D eigenvalue weighted by atomic mass is 9.33. The zero-order valence-electron chi connectivity index (χ0n) is 44.4. The lowest BCUT2D eigenvalue weighted by molar-refractivity contribution is -0.396. The van der Waals surface area contributed by atoms with Crippen LogP contribution in [-0.2, 0) is 42.7 Å². The number of carboxylic acids is 1. The number of ether oxygens (including phenoxy) is 8. The SMILES string of the molecule is C[C@@H]1O[C@@H](O[C@H]2[C@H](O[C@H]3[C@H](O[C@H]4CC[C@@]5(C)[C@@H](CC[C@]6(C)[C@@H]5CC=C5[C@@H]7CC(C)(C)C[C@@H](O[C@@H]8OC[C@H](O)[C@H](O)[C@H]8O)[C@]7(C)CC[C@]56C)[C@@]4(C)CO)O[C@H](C(=O)O)[C@@H](O)[C@@H]3O)O[C@H](CO)[C@H](O)[C@@H]2O)[C@H](O)[C@H](O)[C@H]1O. The van der Waals surface area contributed by atoms with Gasteiger partial charge in [0.1, 0.15) is 79.4 Å². The highest BCUT2D eigenvalue weighted by Gasteiger charge is 2.70. The van der Waals surface area contributed by atoms with E-state index in [2.05, 4.69) is 47.6 Å². The van der Waals surface area contributed by atoms with E-state index >= 15 is 0 Å². The first kappa shape index (κ1) is 58.1. The summed E-state index contributed by atoms with van der Waals surface area (Å²) in [6.45, 7) is 15.9. The molecule has 4 saturated carbocycles. The molecular formula is C53H86O22. The summed E-state index contributed by atoms with van der Waals surface area (Å²) in [4.78, 5) is 12.6. The molecule has 75 heavy (non-hydrogen) atoms. The van der Waals surface area contributed by atoms with Gasteiger partial charge in [0.05, 0.1) is 38.1 Å². The maximum Gasteiger partial charge on any atom is 0.335 e. The Morgan fingerprint density at radius 2 is 1.24 bits per heavy atom. The Hall–Kier alpha value is -1.59. The van der Waals surface area contributed by atoms with E-state index in [9.17, 15) is 71.2 Å². The van der Waals surface area contributed by atoms with Crippen molar-refractivity contribution >= 4 is 5.97 Å². The smallest absolute Gasteiger partial charge is 0.335 e. The molecule has 8 fully saturated rings. The fraction of sp³-hybridized carbons (Fsp3) is 0.943. The van der Waals surface area contributed by atoms with Crippen molar-refractivity contribution in [3.8, 4) is 0 Å². The Morgan fingerprint density at radius 1 is 0.613 bits per heavy atom. The summed E-state index contributed by atoms with van der Waals surface area (Å²) in [6.07, 6.45) is -23.7. The molecule has 4 saturated heterocycles. The third-order valence-electron chi connectivity index (χ3n) is 21.2. The van der Waals surface area contributed by atoms with E-state index in [-0.39, 0.29) is 64.1 Å². The molecule has 0 bridgehead atoms. The molecule has 9 rings (SSSR count). The second kappa shape index (κ2) is 20.7. The normalized spacial score (nSPS) is 55.9. The van der Waals surface area contributed by atoms with Gasteiger partial charge in [0.15, 0.2) is 31.3 Å². The lowest BCUT2D eigenvalue weighted by Crippen LogP contribution is -2.68. The average Bonchev–Trinajstić information content (AvgIpc) is 3.37. The number of fused-ring (bicyclic) bond motifs is 7. The Balaban J connectivity index is 0.979. The lowest BCUT2D eigenvalue weighted by Gasteiger charge is -2.72. The van der Waals surface area contributed by atoms with Gasteiger partial charge in [-0.2, -0.15) is 0 Å². The molecule has 0 unspecified atom stereocenters. The van der Waals surface area contributed by atoms with Crippen molar-refractivity contribution in [1.29, 1.82) is 0 Å². The predicted molar refractivity (Wildman–Crippen MR) is 257 cm³/mol. The van der Waals surface area contributed by atoms with Gasteiger partial charge < -0.3 is 104 Å². The van der Waals surface area contributed by atoms with Crippen LogP contribution in [0.4, 0.5) is 0 Å². The maximum atomic E-state index is 12.6. The fourth-order valence-electron chi connectivity index (χ4n) is 16.3. The van der Waals surface area contributed by atoms with E-state index in [0.29, 0.717) is 19.3 Å². The summed E-state index contributed by atoms with van der Waals surface area (Å²) in [5.74, 6) is -1.46. The summed E-state index contributed by atoms with van der Waals surface area (Å²) in [5, 5.41) is 140. The summed E-state index contributed by atoms with van der Waals surface area (Å²) in [5.41, 5.74) is -0.772. The molecule has 9 aliphatic rings. The molecule has 430 valence electrons. The number of aliphatic hydroxyl groups excluding tert-OH is 12. The molecule has 4 aliphatic heterocycles. The topological polar surface area (TPSA) is 354 Å². The Bertz CT molecular complexity index is 2080. The number of carbonyl (C=O) groups is 1. The van der Waals surface area contributed by atoms with Gasteiger partial charge in [0, 0.05) is 10.8 Å². The maximum absolute atomic E-state index is 12.6. The standard InChI is InChI=1S/C53H86O22/c1-22-31(57)34(60)39(65)45(69-22)74-41-35(61)33(59)26(19-54)70-46(41)75-42-37(63)36(62)40(43(66)67)73-47(42)71-29-12-13-50(5)27(51(29,6)21-55)11-14-53(8)28(50)10-9-23-24-17-48(2,3)18-30(49(24,4)15-16-52(23,53)7)72-44-38(64)32(58)25(56)20-68-44/h9,22,24-42,44-47,54-65H,10-21H2,1-8H3,(H,66,67)/t22-,24-,25-,26+,27+,28+,29-,30+,31-,32-,33-,34+,35-,36-,37-,38+,39+,40-,41+,42+,44-,45-,46-,47+,49+,50-,51+,52+,53+/m0/s1. The summed E-state index contributed by atoms with van der Waals surface area (Å²) < 4.78 is 48.8. The predicted octanol–water partition coefficient (Wildman–Crippen LogP) is -0.832. The molecule has 4 heterocycles. The third kappa shape index (κ3) is 9.40. The van der Waals surface area contributed by atoms with E-state index in [4.69, 9.17) is 37.9 Å². The number of hydrogen-bond acceptors (Lipinski definition) is 21. The van der Waals surface area contributed by atoms with E-state index in [1.54, 1.807) is 0 Å². The highest BCUT2D eigenvalue weighted by Crippen LogP contribution is 2.76. The summed E-state index contributed by atoms with van der Waals surface area (Å²) in [6, 6.07) is 0. The van der Waals surface area contributed by atoms with Crippen molar-refractivity contribution in [3.63, 3.8) is 0 Å². The molecule has 5 aliphatic carbocycles. The van der Waals surface area contributed by atoms with Crippen LogP contribution in [0, 0.1) is 50.2 Å². The van der Waals surface area contributed by atoms with Gasteiger partial charge in [-0.25, -0.2) is 4.79 Å². The molecule has 22 heteroatoms. The summed E-state index contributed by atoms with van der Waals surface area (Å²) in [7, 11) is 0. The molecule has 0 aromatic rings. The van der Waals surface area contributed by atoms with Crippen LogP contribution in [0.2, 0.25) is 0 Å². The number of hydrogen-bond donors (Lipinski definition) is 13. The number of aliphatic carboxylic acids is 1. The van der Waals surface area contributed by atoms with Crippen LogP contribution < -0.4 is 0 Å². The van der Waals surface area contributed by atoms with E-state index < -0.39 is 141 Å². The first-order valence-corrected chi connectivity index (χ1v) is 27.2. The number of allylic oxidation sites excluding steroid dienone is 2. The van der Waals surface area contributed by atoms with Crippen LogP contribution in [0.15, 0.2) is 11.6 Å². The first-order valence-electron chi connectivity index (χ1n) is 27.2. The molecule has 29 atom stereocenters. The van der Waals surface area contributed by atoms with Gasteiger partial charge in [-0.1, -0.05) is 60.1 Å². The van der Waals surface area contributed by atoms with Crippen molar-refractivity contribution in [2.45, 2.75) is 242 Å². The van der Waals surface area contributed by atoms with Crippen LogP contribution >= 0.6 is 0 Å². The molecule has 0 radical (unpaired) electrons. The Labute approximate surface area is 437 Å². The number of carboxylic acid groups (broad SMARTS) is 1. The Kier molecular flexibility index (Phi) is 16.1. The number of aliphatic hydroxyl groups is 12. The first-order chi connectivity index (χ1) is 35.0. The van der Waals surface area contributed by atoms with E-state index in [1.807, 2.05) is 6.92 Å². The van der Waals surface area contributed by atoms with Gasteiger partial charge in [0.25, 0.3) is 0 Å².